The Labute approximate surface area is 202 Å². The Morgan fingerprint density at radius 2 is 1.40 bits per heavy atom. The Balaban J connectivity index is 1.84. The number of carbonyl (C=O) groups excluding carboxylic acids is 1. The van der Waals surface area contributed by atoms with Crippen molar-refractivity contribution in [3.05, 3.63) is 71.8 Å². The number of benzene rings is 3. The zero-order chi connectivity index (χ0) is 24.5. The van der Waals surface area contributed by atoms with E-state index < -0.39 is 18.0 Å². The fraction of sp³-hybridized carbons (Fsp3) is 0.222. The summed E-state index contributed by atoms with van der Waals surface area (Å²) in [5.74, 6) is 0.341. The average molecular weight is 472 g/mol. The summed E-state index contributed by atoms with van der Waals surface area (Å²) in [5, 5.41) is 6.16. The summed E-state index contributed by atoms with van der Waals surface area (Å²) in [6.07, 6.45) is -1.01. The van der Waals surface area contributed by atoms with Gasteiger partial charge >= 0.3 is 5.97 Å². The number of methoxy groups -OCH3 is 4. The van der Waals surface area contributed by atoms with E-state index in [1.165, 1.54) is 7.11 Å². The number of carbonyl (C=O) groups is 1. The number of aromatic nitrogens is 1. The molecule has 0 aliphatic carbocycles. The highest BCUT2D eigenvalue weighted by atomic mass is 16.7. The highest BCUT2D eigenvalue weighted by Crippen LogP contribution is 2.45. The van der Waals surface area contributed by atoms with E-state index >= 15 is 0 Å². The molecule has 8 nitrogen and oxygen atoms in total. The zero-order valence-corrected chi connectivity index (χ0v) is 19.8. The van der Waals surface area contributed by atoms with Crippen molar-refractivity contribution in [2.45, 2.75) is 12.0 Å². The highest BCUT2D eigenvalue weighted by Gasteiger charge is 2.45. The van der Waals surface area contributed by atoms with Gasteiger partial charge in [0.2, 0.25) is 6.10 Å². The standard InChI is InChI=1S/C27H24N2O6/c1-31-15-13-20(32-2)23(21(14-15)33-3)25-24(26(35-29-25)27(30)34-4)22-16-9-5-7-11-18(16)28-19-12-8-6-10-17(19)22/h5-14,24,26H,1-4H3. The summed E-state index contributed by atoms with van der Waals surface area (Å²) in [6, 6.07) is 19.1. The van der Waals surface area contributed by atoms with Crippen LogP contribution in [-0.4, -0.2) is 51.2 Å². The van der Waals surface area contributed by atoms with E-state index in [4.69, 9.17) is 28.8 Å². The summed E-state index contributed by atoms with van der Waals surface area (Å²) in [4.78, 5) is 23.5. The number of esters is 1. The van der Waals surface area contributed by atoms with Crippen molar-refractivity contribution in [2.75, 3.05) is 28.4 Å². The molecule has 0 fully saturated rings. The zero-order valence-electron chi connectivity index (χ0n) is 19.8. The highest BCUT2D eigenvalue weighted by molar-refractivity contribution is 6.15. The Kier molecular flexibility index (Phi) is 5.86. The quantitative estimate of drug-likeness (QED) is 0.302. The molecule has 1 aliphatic rings. The third-order valence-corrected chi connectivity index (χ3v) is 6.21. The molecule has 178 valence electrons. The topological polar surface area (TPSA) is 88.5 Å². The van der Waals surface area contributed by atoms with E-state index in [2.05, 4.69) is 5.16 Å². The minimum absolute atomic E-state index is 0.474. The van der Waals surface area contributed by atoms with Crippen LogP contribution in [0.25, 0.3) is 21.8 Å². The van der Waals surface area contributed by atoms with Gasteiger partial charge < -0.3 is 23.8 Å². The van der Waals surface area contributed by atoms with Gasteiger partial charge in [0, 0.05) is 22.9 Å². The molecule has 35 heavy (non-hydrogen) atoms. The van der Waals surface area contributed by atoms with Crippen molar-refractivity contribution < 1.29 is 28.6 Å². The molecule has 0 saturated heterocycles. The van der Waals surface area contributed by atoms with E-state index in [9.17, 15) is 4.79 Å². The smallest absolute Gasteiger partial charge is 0.351 e. The predicted molar refractivity (Wildman–Crippen MR) is 132 cm³/mol. The molecule has 1 aliphatic heterocycles. The molecule has 2 atom stereocenters. The van der Waals surface area contributed by atoms with Gasteiger partial charge in [-0.15, -0.1) is 0 Å². The fourth-order valence-corrected chi connectivity index (χ4v) is 4.62. The maximum atomic E-state index is 12.9. The Morgan fingerprint density at radius 3 is 1.91 bits per heavy atom. The summed E-state index contributed by atoms with van der Waals surface area (Å²) < 4.78 is 21.9. The minimum Gasteiger partial charge on any atom is -0.496 e. The monoisotopic (exact) mass is 472 g/mol. The van der Waals surface area contributed by atoms with Gasteiger partial charge in [-0.2, -0.15) is 0 Å². The predicted octanol–water partition coefficient (Wildman–Crippen LogP) is 4.47. The van der Waals surface area contributed by atoms with E-state index in [1.807, 2.05) is 48.5 Å². The lowest BCUT2D eigenvalue weighted by Gasteiger charge is -2.23. The van der Waals surface area contributed by atoms with Crippen LogP contribution in [0, 0.1) is 0 Å². The maximum Gasteiger partial charge on any atom is 0.351 e. The van der Waals surface area contributed by atoms with Gasteiger partial charge in [-0.05, 0) is 17.7 Å². The van der Waals surface area contributed by atoms with Crippen molar-refractivity contribution in [3.63, 3.8) is 0 Å². The fourth-order valence-electron chi connectivity index (χ4n) is 4.62. The molecular weight excluding hydrogens is 448 g/mol. The van der Waals surface area contributed by atoms with Crippen LogP contribution in [0.5, 0.6) is 17.2 Å². The molecule has 5 rings (SSSR count). The van der Waals surface area contributed by atoms with E-state index in [-0.39, 0.29) is 0 Å². The van der Waals surface area contributed by atoms with Crippen LogP contribution >= 0.6 is 0 Å². The molecule has 0 radical (unpaired) electrons. The number of fused-ring (bicyclic) bond motifs is 2. The molecular formula is C27H24N2O6. The number of oxime groups is 1. The molecule has 0 amide bonds. The van der Waals surface area contributed by atoms with Gasteiger partial charge in [0.15, 0.2) is 0 Å². The number of nitrogens with zero attached hydrogens (tertiary/aromatic N) is 2. The summed E-state index contributed by atoms with van der Waals surface area (Å²) >= 11 is 0. The number of para-hydroxylation sites is 2. The summed E-state index contributed by atoms with van der Waals surface area (Å²) in [6.45, 7) is 0. The van der Waals surface area contributed by atoms with Crippen molar-refractivity contribution >= 4 is 33.5 Å². The number of hydrogen-bond donors (Lipinski definition) is 0. The van der Waals surface area contributed by atoms with Crippen LogP contribution in [0.2, 0.25) is 0 Å². The average Bonchev–Trinajstić information content (AvgIpc) is 3.34. The van der Waals surface area contributed by atoms with Crippen LogP contribution in [0.3, 0.4) is 0 Å². The van der Waals surface area contributed by atoms with Crippen LogP contribution in [0.1, 0.15) is 17.0 Å². The number of ether oxygens (including phenoxy) is 4. The third kappa shape index (κ3) is 3.67. The Morgan fingerprint density at radius 1 is 0.829 bits per heavy atom. The molecule has 2 unspecified atom stereocenters. The molecule has 0 bridgehead atoms. The largest absolute Gasteiger partial charge is 0.496 e. The second kappa shape index (κ2) is 9.13. The number of rotatable bonds is 6. The van der Waals surface area contributed by atoms with Gasteiger partial charge in [-0.1, -0.05) is 41.6 Å². The van der Waals surface area contributed by atoms with Crippen molar-refractivity contribution in [2.24, 2.45) is 5.16 Å². The van der Waals surface area contributed by atoms with Crippen LogP contribution in [-0.2, 0) is 14.4 Å². The SMILES string of the molecule is COC(=O)C1ON=C(c2c(OC)cc(OC)cc2OC)C1c1c2ccccc2nc2ccccc12. The normalized spacial score (nSPS) is 17.1. The Hall–Kier alpha value is -4.33. The van der Waals surface area contributed by atoms with E-state index in [0.29, 0.717) is 28.5 Å². The molecule has 4 aromatic rings. The third-order valence-electron chi connectivity index (χ3n) is 6.21. The molecule has 1 aromatic heterocycles. The van der Waals surface area contributed by atoms with Gasteiger partial charge in [0.25, 0.3) is 0 Å². The van der Waals surface area contributed by atoms with Crippen molar-refractivity contribution in [3.8, 4) is 17.2 Å². The second-order valence-electron chi connectivity index (χ2n) is 7.97. The van der Waals surface area contributed by atoms with Gasteiger partial charge in [-0.3, -0.25) is 0 Å². The van der Waals surface area contributed by atoms with Crippen molar-refractivity contribution in [1.82, 2.24) is 4.98 Å². The first-order valence-corrected chi connectivity index (χ1v) is 11.0. The minimum atomic E-state index is -1.01. The molecule has 3 aromatic carbocycles. The maximum absolute atomic E-state index is 12.9. The first kappa shape index (κ1) is 22.5. The molecule has 2 heterocycles. The number of pyridine rings is 1. The molecule has 0 saturated carbocycles. The van der Waals surface area contributed by atoms with Crippen LogP contribution in [0.4, 0.5) is 0 Å². The summed E-state index contributed by atoms with van der Waals surface area (Å²) in [7, 11) is 6.00. The van der Waals surface area contributed by atoms with Crippen LogP contribution < -0.4 is 14.2 Å². The Bertz CT molecular complexity index is 1390. The number of hydrogen-bond acceptors (Lipinski definition) is 8. The molecule has 8 heteroatoms. The first-order valence-electron chi connectivity index (χ1n) is 11.0. The van der Waals surface area contributed by atoms with Crippen molar-refractivity contribution in [1.29, 1.82) is 0 Å². The van der Waals surface area contributed by atoms with Gasteiger partial charge in [0.05, 0.1) is 51.0 Å². The molecule has 0 N–H and O–H groups in total. The lowest BCUT2D eigenvalue weighted by atomic mass is 9.81. The molecule has 0 spiro atoms. The van der Waals surface area contributed by atoms with Gasteiger partial charge in [0.1, 0.15) is 23.0 Å². The lowest BCUT2D eigenvalue weighted by Crippen LogP contribution is -2.31. The van der Waals surface area contributed by atoms with Gasteiger partial charge in [-0.25, -0.2) is 9.78 Å². The van der Waals surface area contributed by atoms with Crippen LogP contribution in [0.15, 0.2) is 65.8 Å². The lowest BCUT2D eigenvalue weighted by molar-refractivity contribution is -0.153. The van der Waals surface area contributed by atoms with E-state index in [0.717, 1.165) is 27.4 Å². The second-order valence-corrected chi connectivity index (χ2v) is 7.97. The first-order chi connectivity index (χ1) is 17.1. The summed E-state index contributed by atoms with van der Waals surface area (Å²) in [5.41, 5.74) is 3.50. The van der Waals surface area contributed by atoms with E-state index in [1.54, 1.807) is 33.5 Å².